The van der Waals surface area contributed by atoms with E-state index in [1.165, 1.54) is 10.6 Å². The monoisotopic (exact) mass is 220 g/mol. The van der Waals surface area contributed by atoms with Crippen molar-refractivity contribution in [2.45, 2.75) is 26.7 Å². The standard InChI is InChI=1S/C10H12N4O2/c1-5(2)7-4-8(10(15)16)14-9(11-7)6(3)12-13-14/h4-5H,1-3H3,(H,15,16). The fourth-order valence-electron chi connectivity index (χ4n) is 1.45. The second kappa shape index (κ2) is 3.55. The quantitative estimate of drug-likeness (QED) is 0.823. The molecule has 0 saturated carbocycles. The molecule has 16 heavy (non-hydrogen) atoms. The van der Waals surface area contributed by atoms with Gasteiger partial charge in [0.2, 0.25) is 0 Å². The van der Waals surface area contributed by atoms with Crippen LogP contribution in [0.2, 0.25) is 0 Å². The summed E-state index contributed by atoms with van der Waals surface area (Å²) >= 11 is 0. The predicted octanol–water partition coefficient (Wildman–Crippen LogP) is 1.25. The van der Waals surface area contributed by atoms with E-state index < -0.39 is 5.97 Å². The lowest BCUT2D eigenvalue weighted by Crippen LogP contribution is -2.10. The Balaban J connectivity index is 2.81. The van der Waals surface area contributed by atoms with Crippen molar-refractivity contribution in [1.29, 1.82) is 0 Å². The summed E-state index contributed by atoms with van der Waals surface area (Å²) in [5, 5.41) is 16.7. The van der Waals surface area contributed by atoms with Crippen LogP contribution in [0.15, 0.2) is 6.07 Å². The lowest BCUT2D eigenvalue weighted by molar-refractivity contribution is 0.0686. The molecule has 0 bridgehead atoms. The van der Waals surface area contributed by atoms with Gasteiger partial charge in [0.1, 0.15) is 5.69 Å². The first-order valence-electron chi connectivity index (χ1n) is 4.97. The van der Waals surface area contributed by atoms with Crippen molar-refractivity contribution in [3.63, 3.8) is 0 Å². The van der Waals surface area contributed by atoms with Crippen LogP contribution >= 0.6 is 0 Å². The van der Waals surface area contributed by atoms with Crippen LogP contribution in [0.4, 0.5) is 0 Å². The van der Waals surface area contributed by atoms with Crippen molar-refractivity contribution in [3.8, 4) is 0 Å². The Bertz CT molecular complexity index is 559. The summed E-state index contributed by atoms with van der Waals surface area (Å²) in [6.45, 7) is 5.68. The number of carboxylic acids is 1. The molecule has 1 N–H and O–H groups in total. The molecule has 0 radical (unpaired) electrons. The number of rotatable bonds is 2. The number of aromatic nitrogens is 4. The number of nitrogens with zero attached hydrogens (tertiary/aromatic N) is 4. The fraction of sp³-hybridized carbons (Fsp3) is 0.400. The molecule has 0 saturated heterocycles. The van der Waals surface area contributed by atoms with Crippen LogP contribution in [0.3, 0.4) is 0 Å². The van der Waals surface area contributed by atoms with Crippen LogP contribution in [-0.2, 0) is 0 Å². The van der Waals surface area contributed by atoms with E-state index in [9.17, 15) is 4.79 Å². The molecular weight excluding hydrogens is 208 g/mol. The van der Waals surface area contributed by atoms with Gasteiger partial charge in [0, 0.05) is 5.69 Å². The number of carbonyl (C=O) groups is 1. The highest BCUT2D eigenvalue weighted by Crippen LogP contribution is 2.16. The molecule has 0 aliphatic heterocycles. The number of hydrogen-bond donors (Lipinski definition) is 1. The molecule has 0 aliphatic carbocycles. The maximum atomic E-state index is 11.1. The predicted molar refractivity (Wildman–Crippen MR) is 56.6 cm³/mol. The minimum atomic E-state index is -1.03. The van der Waals surface area contributed by atoms with Crippen LogP contribution in [-0.4, -0.2) is 30.9 Å². The van der Waals surface area contributed by atoms with Crippen LogP contribution in [0, 0.1) is 6.92 Å². The molecule has 6 heteroatoms. The average molecular weight is 220 g/mol. The van der Waals surface area contributed by atoms with Gasteiger partial charge in [0.05, 0.1) is 0 Å². The Morgan fingerprint density at radius 3 is 2.75 bits per heavy atom. The van der Waals surface area contributed by atoms with Gasteiger partial charge in [0.25, 0.3) is 0 Å². The van der Waals surface area contributed by atoms with Gasteiger partial charge in [-0.25, -0.2) is 9.78 Å². The molecule has 2 rings (SSSR count). The Hall–Kier alpha value is -1.98. The molecule has 0 unspecified atom stereocenters. The SMILES string of the molecule is Cc1nnn2c(C(=O)O)cc(C(C)C)nc12. The summed E-state index contributed by atoms with van der Waals surface area (Å²) in [6, 6.07) is 1.54. The van der Waals surface area contributed by atoms with E-state index in [0.29, 0.717) is 11.3 Å². The molecular formula is C10H12N4O2. The number of carboxylic acid groups (broad SMARTS) is 1. The molecule has 6 nitrogen and oxygen atoms in total. The molecule has 0 aliphatic rings. The number of fused-ring (bicyclic) bond motifs is 1. The zero-order valence-electron chi connectivity index (χ0n) is 9.30. The van der Waals surface area contributed by atoms with E-state index in [4.69, 9.17) is 5.11 Å². The first kappa shape index (κ1) is 10.5. The van der Waals surface area contributed by atoms with E-state index in [0.717, 1.165) is 5.69 Å². The van der Waals surface area contributed by atoms with E-state index in [-0.39, 0.29) is 11.6 Å². The highest BCUT2D eigenvalue weighted by molar-refractivity contribution is 5.86. The normalized spacial score (nSPS) is 11.2. The molecule has 0 amide bonds. The first-order valence-corrected chi connectivity index (χ1v) is 4.97. The zero-order valence-corrected chi connectivity index (χ0v) is 9.30. The lowest BCUT2D eigenvalue weighted by atomic mass is 10.1. The van der Waals surface area contributed by atoms with Crippen LogP contribution in [0.1, 0.15) is 41.6 Å². The van der Waals surface area contributed by atoms with Crippen molar-refractivity contribution >= 4 is 11.6 Å². The molecule has 0 atom stereocenters. The van der Waals surface area contributed by atoms with E-state index in [2.05, 4.69) is 15.3 Å². The maximum absolute atomic E-state index is 11.1. The van der Waals surface area contributed by atoms with E-state index in [1.807, 2.05) is 13.8 Å². The Kier molecular flexibility index (Phi) is 2.34. The smallest absolute Gasteiger partial charge is 0.354 e. The number of aryl methyl sites for hydroxylation is 1. The van der Waals surface area contributed by atoms with Crippen LogP contribution in [0.25, 0.3) is 5.65 Å². The number of hydrogen-bond acceptors (Lipinski definition) is 4. The van der Waals surface area contributed by atoms with Gasteiger partial charge < -0.3 is 5.11 Å². The van der Waals surface area contributed by atoms with Crippen molar-refractivity contribution in [2.24, 2.45) is 0 Å². The largest absolute Gasteiger partial charge is 0.477 e. The van der Waals surface area contributed by atoms with E-state index in [1.54, 1.807) is 6.92 Å². The molecule has 84 valence electrons. The van der Waals surface area contributed by atoms with Crippen LogP contribution in [0.5, 0.6) is 0 Å². The zero-order chi connectivity index (χ0) is 11.9. The first-order chi connectivity index (χ1) is 7.50. The summed E-state index contributed by atoms with van der Waals surface area (Å²) in [5.74, 6) is -0.864. The average Bonchev–Trinajstić information content (AvgIpc) is 2.59. The Morgan fingerprint density at radius 2 is 2.19 bits per heavy atom. The Labute approximate surface area is 91.9 Å². The van der Waals surface area contributed by atoms with Gasteiger partial charge in [-0.3, -0.25) is 0 Å². The maximum Gasteiger partial charge on any atom is 0.354 e. The van der Waals surface area contributed by atoms with Gasteiger partial charge in [0.15, 0.2) is 11.3 Å². The van der Waals surface area contributed by atoms with Crippen molar-refractivity contribution in [3.05, 3.63) is 23.1 Å². The molecule has 2 aromatic rings. The van der Waals surface area contributed by atoms with Crippen molar-refractivity contribution < 1.29 is 9.90 Å². The van der Waals surface area contributed by atoms with Gasteiger partial charge in [-0.2, -0.15) is 4.52 Å². The summed E-state index contributed by atoms with van der Waals surface area (Å²) in [7, 11) is 0. The minimum absolute atomic E-state index is 0.0919. The molecule has 2 heterocycles. The summed E-state index contributed by atoms with van der Waals surface area (Å²) in [6.07, 6.45) is 0. The van der Waals surface area contributed by atoms with Crippen LogP contribution < -0.4 is 0 Å². The van der Waals surface area contributed by atoms with Gasteiger partial charge in [-0.15, -0.1) is 5.10 Å². The summed E-state index contributed by atoms with van der Waals surface area (Å²) < 4.78 is 1.25. The highest BCUT2D eigenvalue weighted by atomic mass is 16.4. The third kappa shape index (κ3) is 1.52. The van der Waals surface area contributed by atoms with Gasteiger partial charge in [-0.05, 0) is 18.9 Å². The molecule has 0 fully saturated rings. The molecule has 2 aromatic heterocycles. The van der Waals surface area contributed by atoms with Crippen molar-refractivity contribution in [1.82, 2.24) is 19.8 Å². The van der Waals surface area contributed by atoms with E-state index >= 15 is 0 Å². The summed E-state index contributed by atoms with van der Waals surface area (Å²) in [5.41, 5.74) is 1.96. The minimum Gasteiger partial charge on any atom is -0.477 e. The van der Waals surface area contributed by atoms with Gasteiger partial charge in [-0.1, -0.05) is 19.1 Å². The second-order valence-corrected chi connectivity index (χ2v) is 3.94. The Morgan fingerprint density at radius 1 is 1.50 bits per heavy atom. The lowest BCUT2D eigenvalue weighted by Gasteiger charge is -2.06. The second-order valence-electron chi connectivity index (χ2n) is 3.94. The van der Waals surface area contributed by atoms with Crippen molar-refractivity contribution in [2.75, 3.05) is 0 Å². The molecule has 0 aromatic carbocycles. The third-order valence-corrected chi connectivity index (χ3v) is 2.37. The third-order valence-electron chi connectivity index (χ3n) is 2.37. The number of aromatic carboxylic acids is 1. The highest BCUT2D eigenvalue weighted by Gasteiger charge is 2.16. The molecule has 0 spiro atoms. The van der Waals surface area contributed by atoms with Gasteiger partial charge >= 0.3 is 5.97 Å². The topological polar surface area (TPSA) is 80.4 Å². The summed E-state index contributed by atoms with van der Waals surface area (Å²) in [4.78, 5) is 15.4. The fourth-order valence-corrected chi connectivity index (χ4v) is 1.45.